The maximum Gasteiger partial charge on any atom is 0.0492 e. The third kappa shape index (κ3) is 4.79. The largest absolute Gasteiger partial charge is 0.316 e. The number of aromatic nitrogens is 2. The third-order valence-corrected chi connectivity index (χ3v) is 2.86. The molecule has 0 fully saturated rings. The normalized spacial score (nSPS) is 13.3. The van der Waals surface area contributed by atoms with Gasteiger partial charge in [0.1, 0.15) is 0 Å². The molecule has 1 unspecified atom stereocenters. The molecule has 1 rings (SSSR count). The minimum absolute atomic E-state index is 0.730. The number of hydrogen-bond acceptors (Lipinski definition) is 2. The lowest BCUT2D eigenvalue weighted by Crippen LogP contribution is -2.25. The molecule has 3 nitrogen and oxygen atoms in total. The lowest BCUT2D eigenvalue weighted by atomic mass is 10.0. The average molecular weight is 223 g/mol. The Balaban J connectivity index is 2.15. The van der Waals surface area contributed by atoms with Gasteiger partial charge in [-0.25, -0.2) is 0 Å². The van der Waals surface area contributed by atoms with E-state index in [2.05, 4.69) is 37.3 Å². The number of nitrogens with zero attached hydrogens (tertiary/aromatic N) is 2. The van der Waals surface area contributed by atoms with Gasteiger partial charge in [-0.3, -0.25) is 4.68 Å². The van der Waals surface area contributed by atoms with Gasteiger partial charge in [-0.2, -0.15) is 5.10 Å². The Hall–Kier alpha value is -0.830. The van der Waals surface area contributed by atoms with Gasteiger partial charge in [0.15, 0.2) is 0 Å². The molecule has 1 N–H and O–H groups in total. The standard InChI is InChI=1S/C13H25N3/c1-11(2)9-14-10-12(3)5-6-13-7-8-15-16(13)4/h7-8,11-12,14H,5-6,9-10H2,1-4H3. The molecule has 0 aliphatic carbocycles. The highest BCUT2D eigenvalue weighted by atomic mass is 15.2. The number of aryl methyl sites for hydroxylation is 2. The van der Waals surface area contributed by atoms with Gasteiger partial charge in [0.2, 0.25) is 0 Å². The summed E-state index contributed by atoms with van der Waals surface area (Å²) in [6, 6.07) is 2.11. The Bertz CT molecular complexity index is 291. The molecule has 0 saturated carbocycles. The summed E-state index contributed by atoms with van der Waals surface area (Å²) >= 11 is 0. The van der Waals surface area contributed by atoms with E-state index < -0.39 is 0 Å². The van der Waals surface area contributed by atoms with E-state index in [9.17, 15) is 0 Å². The fourth-order valence-electron chi connectivity index (χ4n) is 1.76. The predicted molar refractivity (Wildman–Crippen MR) is 68.4 cm³/mol. The van der Waals surface area contributed by atoms with Gasteiger partial charge in [0, 0.05) is 18.9 Å². The predicted octanol–water partition coefficient (Wildman–Crippen LogP) is 2.23. The molecule has 1 atom stereocenters. The molecule has 16 heavy (non-hydrogen) atoms. The van der Waals surface area contributed by atoms with Crippen molar-refractivity contribution < 1.29 is 0 Å². The van der Waals surface area contributed by atoms with Crippen LogP contribution in [0.2, 0.25) is 0 Å². The van der Waals surface area contributed by atoms with E-state index in [1.54, 1.807) is 0 Å². The van der Waals surface area contributed by atoms with Crippen molar-refractivity contribution in [2.75, 3.05) is 13.1 Å². The van der Waals surface area contributed by atoms with Crippen molar-refractivity contribution in [1.82, 2.24) is 15.1 Å². The molecule has 0 aliphatic heterocycles. The minimum atomic E-state index is 0.730. The SMILES string of the molecule is CC(C)CNCC(C)CCc1ccnn1C. The van der Waals surface area contributed by atoms with Crippen molar-refractivity contribution in [2.24, 2.45) is 18.9 Å². The van der Waals surface area contributed by atoms with Gasteiger partial charge in [-0.15, -0.1) is 0 Å². The Kier molecular flexibility index (Phi) is 5.53. The first-order valence-electron chi connectivity index (χ1n) is 6.27. The topological polar surface area (TPSA) is 29.9 Å². The summed E-state index contributed by atoms with van der Waals surface area (Å²) in [6.45, 7) is 9.04. The second-order valence-electron chi connectivity index (χ2n) is 5.14. The van der Waals surface area contributed by atoms with Crippen LogP contribution < -0.4 is 5.32 Å². The van der Waals surface area contributed by atoms with Gasteiger partial charge < -0.3 is 5.32 Å². The number of rotatable bonds is 7. The van der Waals surface area contributed by atoms with Gasteiger partial charge in [-0.1, -0.05) is 20.8 Å². The summed E-state index contributed by atoms with van der Waals surface area (Å²) in [7, 11) is 2.01. The molecular formula is C13H25N3. The zero-order chi connectivity index (χ0) is 12.0. The Morgan fingerprint density at radius 2 is 2.06 bits per heavy atom. The van der Waals surface area contributed by atoms with Gasteiger partial charge in [-0.05, 0) is 43.8 Å². The maximum atomic E-state index is 4.18. The van der Waals surface area contributed by atoms with Crippen LogP contribution >= 0.6 is 0 Å². The highest BCUT2D eigenvalue weighted by Crippen LogP contribution is 2.08. The second-order valence-corrected chi connectivity index (χ2v) is 5.14. The van der Waals surface area contributed by atoms with E-state index in [-0.39, 0.29) is 0 Å². The van der Waals surface area contributed by atoms with Crippen LogP contribution in [0.5, 0.6) is 0 Å². The molecule has 1 heterocycles. The van der Waals surface area contributed by atoms with Crippen LogP contribution in [-0.2, 0) is 13.5 Å². The van der Waals surface area contributed by atoms with E-state index in [0.717, 1.165) is 31.3 Å². The first kappa shape index (κ1) is 13.2. The molecule has 1 aromatic heterocycles. The zero-order valence-corrected chi connectivity index (χ0v) is 11.0. The summed E-state index contributed by atoms with van der Waals surface area (Å²) in [5.41, 5.74) is 1.33. The molecule has 0 aromatic carbocycles. The highest BCUT2D eigenvalue weighted by molar-refractivity contribution is 4.99. The summed E-state index contributed by atoms with van der Waals surface area (Å²) in [5, 5.41) is 7.69. The Morgan fingerprint density at radius 1 is 1.31 bits per heavy atom. The van der Waals surface area contributed by atoms with E-state index >= 15 is 0 Å². The average Bonchev–Trinajstić information content (AvgIpc) is 2.60. The molecular weight excluding hydrogens is 198 g/mol. The highest BCUT2D eigenvalue weighted by Gasteiger charge is 2.05. The van der Waals surface area contributed by atoms with Crippen LogP contribution in [0.4, 0.5) is 0 Å². The minimum Gasteiger partial charge on any atom is -0.316 e. The van der Waals surface area contributed by atoms with Crippen LogP contribution in [0.1, 0.15) is 32.9 Å². The summed E-state index contributed by atoms with van der Waals surface area (Å²) in [4.78, 5) is 0. The molecule has 3 heteroatoms. The van der Waals surface area contributed by atoms with Crippen molar-refractivity contribution in [3.05, 3.63) is 18.0 Å². The number of nitrogens with one attached hydrogen (secondary N) is 1. The number of hydrogen-bond donors (Lipinski definition) is 1. The zero-order valence-electron chi connectivity index (χ0n) is 11.0. The molecule has 92 valence electrons. The quantitative estimate of drug-likeness (QED) is 0.768. The van der Waals surface area contributed by atoms with Gasteiger partial charge in [0.05, 0.1) is 0 Å². The lowest BCUT2D eigenvalue weighted by molar-refractivity contribution is 0.450. The van der Waals surface area contributed by atoms with E-state index in [0.29, 0.717) is 0 Å². The molecule has 0 amide bonds. The van der Waals surface area contributed by atoms with Crippen LogP contribution in [0.15, 0.2) is 12.3 Å². The van der Waals surface area contributed by atoms with Crippen LogP contribution in [-0.4, -0.2) is 22.9 Å². The smallest absolute Gasteiger partial charge is 0.0492 e. The summed E-state index contributed by atoms with van der Waals surface area (Å²) in [5.74, 6) is 1.47. The summed E-state index contributed by atoms with van der Waals surface area (Å²) in [6.07, 6.45) is 4.22. The van der Waals surface area contributed by atoms with Crippen LogP contribution in [0.25, 0.3) is 0 Å². The van der Waals surface area contributed by atoms with Crippen LogP contribution in [0, 0.1) is 11.8 Å². The molecule has 0 saturated heterocycles. The third-order valence-electron chi connectivity index (χ3n) is 2.86. The van der Waals surface area contributed by atoms with Gasteiger partial charge in [0.25, 0.3) is 0 Å². The Morgan fingerprint density at radius 3 is 2.62 bits per heavy atom. The monoisotopic (exact) mass is 223 g/mol. The first-order chi connectivity index (χ1) is 7.59. The van der Waals surface area contributed by atoms with E-state index in [1.807, 2.05) is 17.9 Å². The van der Waals surface area contributed by atoms with Crippen molar-refractivity contribution in [1.29, 1.82) is 0 Å². The fourth-order valence-corrected chi connectivity index (χ4v) is 1.76. The second kappa shape index (κ2) is 6.69. The lowest BCUT2D eigenvalue weighted by Gasteiger charge is -2.13. The van der Waals surface area contributed by atoms with E-state index in [1.165, 1.54) is 12.1 Å². The summed E-state index contributed by atoms with van der Waals surface area (Å²) < 4.78 is 1.97. The van der Waals surface area contributed by atoms with Gasteiger partial charge >= 0.3 is 0 Å². The molecule has 0 radical (unpaired) electrons. The maximum absolute atomic E-state index is 4.18. The fraction of sp³-hybridized carbons (Fsp3) is 0.769. The molecule has 0 aliphatic rings. The van der Waals surface area contributed by atoms with Crippen molar-refractivity contribution in [3.63, 3.8) is 0 Å². The molecule has 0 bridgehead atoms. The Labute approximate surface area is 99.2 Å². The van der Waals surface area contributed by atoms with Crippen LogP contribution in [0.3, 0.4) is 0 Å². The van der Waals surface area contributed by atoms with Crippen molar-refractivity contribution >= 4 is 0 Å². The first-order valence-corrected chi connectivity index (χ1v) is 6.27. The molecule has 1 aromatic rings. The van der Waals surface area contributed by atoms with Crippen molar-refractivity contribution in [3.8, 4) is 0 Å². The van der Waals surface area contributed by atoms with E-state index in [4.69, 9.17) is 0 Å². The molecule has 0 spiro atoms. The van der Waals surface area contributed by atoms with Crippen molar-refractivity contribution in [2.45, 2.75) is 33.6 Å².